The first-order valence-corrected chi connectivity index (χ1v) is 11.9. The van der Waals surface area contributed by atoms with Crippen LogP contribution in [0.1, 0.15) is 36.3 Å². The number of carbonyl (C=O) groups excluding carboxylic acids is 1. The van der Waals surface area contributed by atoms with Crippen LogP contribution in [-0.2, 0) is 16.1 Å². The molecule has 7 heteroatoms. The zero-order valence-electron chi connectivity index (χ0n) is 19.1. The Bertz CT molecular complexity index is 879. The number of benzene rings is 2. The van der Waals surface area contributed by atoms with Crippen LogP contribution in [-0.4, -0.2) is 62.8 Å². The molecule has 0 radical (unpaired) electrons. The number of nitrogens with one attached hydrogen (secondary N) is 2. The molecule has 2 heterocycles. The van der Waals surface area contributed by atoms with Gasteiger partial charge in [-0.1, -0.05) is 24.3 Å². The lowest BCUT2D eigenvalue weighted by molar-refractivity contribution is -0.121. The molecular formula is C26H34FN3O3. The third-order valence-electron chi connectivity index (χ3n) is 6.46. The maximum Gasteiger partial charge on any atom is 0.221 e. The summed E-state index contributed by atoms with van der Waals surface area (Å²) >= 11 is 0. The minimum absolute atomic E-state index is 0.00575. The van der Waals surface area contributed by atoms with Gasteiger partial charge in [0.25, 0.3) is 0 Å². The van der Waals surface area contributed by atoms with Crippen LogP contribution in [0.3, 0.4) is 0 Å². The molecule has 2 aliphatic heterocycles. The van der Waals surface area contributed by atoms with Gasteiger partial charge >= 0.3 is 0 Å². The van der Waals surface area contributed by atoms with Gasteiger partial charge in [0.15, 0.2) is 0 Å². The van der Waals surface area contributed by atoms with E-state index in [-0.39, 0.29) is 17.8 Å². The lowest BCUT2D eigenvalue weighted by Crippen LogP contribution is -2.41. The van der Waals surface area contributed by atoms with E-state index in [1.807, 2.05) is 6.07 Å². The van der Waals surface area contributed by atoms with Gasteiger partial charge in [-0.3, -0.25) is 9.69 Å². The number of carbonyl (C=O) groups is 1. The molecule has 2 unspecified atom stereocenters. The van der Waals surface area contributed by atoms with Crippen molar-refractivity contribution in [2.75, 3.05) is 46.0 Å². The van der Waals surface area contributed by atoms with E-state index >= 15 is 0 Å². The Labute approximate surface area is 195 Å². The number of piperidine rings is 1. The van der Waals surface area contributed by atoms with E-state index in [9.17, 15) is 9.18 Å². The summed E-state index contributed by atoms with van der Waals surface area (Å²) in [4.78, 5) is 14.6. The van der Waals surface area contributed by atoms with Gasteiger partial charge < -0.3 is 20.1 Å². The molecule has 33 heavy (non-hydrogen) atoms. The minimum Gasteiger partial charge on any atom is -0.492 e. The molecule has 0 spiro atoms. The Morgan fingerprint density at radius 2 is 1.97 bits per heavy atom. The van der Waals surface area contributed by atoms with Crippen LogP contribution in [0, 0.1) is 5.82 Å². The van der Waals surface area contributed by atoms with Crippen LogP contribution in [0.2, 0.25) is 0 Å². The van der Waals surface area contributed by atoms with Crippen LogP contribution in [0.5, 0.6) is 5.75 Å². The van der Waals surface area contributed by atoms with Gasteiger partial charge in [-0.15, -0.1) is 0 Å². The Balaban J connectivity index is 1.14. The number of morpholine rings is 1. The van der Waals surface area contributed by atoms with E-state index in [1.165, 1.54) is 17.7 Å². The van der Waals surface area contributed by atoms with Gasteiger partial charge in [-0.25, -0.2) is 4.39 Å². The average molecular weight is 456 g/mol. The fourth-order valence-corrected chi connectivity index (χ4v) is 4.47. The third-order valence-corrected chi connectivity index (χ3v) is 6.46. The molecular weight excluding hydrogens is 421 g/mol. The number of hydrogen-bond acceptors (Lipinski definition) is 5. The summed E-state index contributed by atoms with van der Waals surface area (Å²) in [6.07, 6.45) is 2.44. The summed E-state index contributed by atoms with van der Waals surface area (Å²) in [6.45, 7) is 6.41. The normalized spacial score (nSPS) is 21.5. The number of nitrogens with zero attached hydrogens (tertiary/aromatic N) is 1. The number of hydrogen-bond donors (Lipinski definition) is 2. The topological polar surface area (TPSA) is 62.8 Å². The molecule has 4 rings (SSSR count). The van der Waals surface area contributed by atoms with Crippen molar-refractivity contribution < 1.29 is 18.7 Å². The number of ether oxygens (including phenoxy) is 2. The summed E-state index contributed by atoms with van der Waals surface area (Å²) in [7, 11) is 0. The molecule has 2 N–H and O–H groups in total. The maximum absolute atomic E-state index is 13.3. The molecule has 1 amide bonds. The maximum atomic E-state index is 13.3. The van der Waals surface area contributed by atoms with Crippen LogP contribution in [0.4, 0.5) is 4.39 Å². The lowest BCUT2D eigenvalue weighted by atomic mass is 9.88. The second-order valence-corrected chi connectivity index (χ2v) is 8.86. The Hall–Kier alpha value is -2.48. The summed E-state index contributed by atoms with van der Waals surface area (Å²) < 4.78 is 24.5. The van der Waals surface area contributed by atoms with Crippen LogP contribution < -0.4 is 15.4 Å². The molecule has 2 aromatic rings. The highest BCUT2D eigenvalue weighted by molar-refractivity contribution is 5.76. The highest BCUT2D eigenvalue weighted by Gasteiger charge is 2.23. The monoisotopic (exact) mass is 455 g/mol. The predicted octanol–water partition coefficient (Wildman–Crippen LogP) is 3.08. The van der Waals surface area contributed by atoms with Crippen LogP contribution in [0.15, 0.2) is 48.5 Å². The predicted molar refractivity (Wildman–Crippen MR) is 126 cm³/mol. The lowest BCUT2D eigenvalue weighted by Gasteiger charge is -2.30. The van der Waals surface area contributed by atoms with E-state index in [1.54, 1.807) is 6.07 Å². The first-order chi connectivity index (χ1) is 16.2. The van der Waals surface area contributed by atoms with Crippen LogP contribution >= 0.6 is 0 Å². The highest BCUT2D eigenvalue weighted by Crippen LogP contribution is 2.27. The van der Waals surface area contributed by atoms with Crippen molar-refractivity contribution in [1.82, 2.24) is 15.5 Å². The smallest absolute Gasteiger partial charge is 0.221 e. The summed E-state index contributed by atoms with van der Waals surface area (Å²) in [5.41, 5.74) is 2.07. The van der Waals surface area contributed by atoms with Crippen molar-refractivity contribution >= 4 is 5.91 Å². The summed E-state index contributed by atoms with van der Waals surface area (Å²) in [5, 5.41) is 6.41. The average Bonchev–Trinajstić information content (AvgIpc) is 2.85. The van der Waals surface area contributed by atoms with Crippen molar-refractivity contribution in [3.63, 3.8) is 0 Å². The molecule has 2 aliphatic rings. The number of halogens is 1. The number of rotatable bonds is 9. The summed E-state index contributed by atoms with van der Waals surface area (Å²) in [5.74, 6) is 1.06. The van der Waals surface area contributed by atoms with E-state index < -0.39 is 0 Å². The first-order valence-electron chi connectivity index (χ1n) is 11.9. The van der Waals surface area contributed by atoms with Crippen molar-refractivity contribution in [3.8, 4) is 5.75 Å². The van der Waals surface area contributed by atoms with Gasteiger partial charge in [-0.2, -0.15) is 0 Å². The van der Waals surface area contributed by atoms with Crippen molar-refractivity contribution in [1.29, 1.82) is 0 Å². The third kappa shape index (κ3) is 7.52. The largest absolute Gasteiger partial charge is 0.492 e. The SMILES string of the molecule is O=C(CC1CCC(c2ccc(OCCN3CCOCC3)cc2)CN1)NCc1cccc(F)c1. The zero-order chi connectivity index (χ0) is 22.9. The van der Waals surface area contributed by atoms with Gasteiger partial charge in [0, 0.05) is 45.2 Å². The summed E-state index contributed by atoms with van der Waals surface area (Å²) in [6, 6.07) is 14.9. The molecule has 2 atom stereocenters. The van der Waals surface area contributed by atoms with E-state index in [2.05, 4.69) is 39.8 Å². The second-order valence-electron chi connectivity index (χ2n) is 8.86. The van der Waals surface area contributed by atoms with E-state index in [4.69, 9.17) is 9.47 Å². The fraction of sp³-hybridized carbons (Fsp3) is 0.500. The van der Waals surface area contributed by atoms with Gasteiger partial charge in [0.1, 0.15) is 18.2 Å². The Morgan fingerprint density at radius 3 is 2.70 bits per heavy atom. The standard InChI is InChI=1S/C26H34FN3O3/c27-23-3-1-2-20(16-23)18-29-26(31)17-24-7-4-22(19-28-24)21-5-8-25(9-6-21)33-15-12-30-10-13-32-14-11-30/h1-3,5-6,8-9,16,22,24,28H,4,7,10-15,17-19H2,(H,29,31). The van der Waals surface area contributed by atoms with Crippen LogP contribution in [0.25, 0.3) is 0 Å². The van der Waals surface area contributed by atoms with Gasteiger partial charge in [-0.05, 0) is 54.2 Å². The molecule has 178 valence electrons. The fourth-order valence-electron chi connectivity index (χ4n) is 4.47. The van der Waals surface area contributed by atoms with E-state index in [0.717, 1.165) is 63.5 Å². The molecule has 0 bridgehead atoms. The molecule has 0 aliphatic carbocycles. The quantitative estimate of drug-likeness (QED) is 0.609. The Kier molecular flexibility index (Phi) is 8.69. The van der Waals surface area contributed by atoms with Gasteiger partial charge in [0.05, 0.1) is 13.2 Å². The molecule has 2 fully saturated rings. The second kappa shape index (κ2) is 12.1. The molecule has 6 nitrogen and oxygen atoms in total. The first kappa shape index (κ1) is 23.7. The van der Waals surface area contributed by atoms with Crippen molar-refractivity contribution in [2.24, 2.45) is 0 Å². The van der Waals surface area contributed by atoms with Crippen molar-refractivity contribution in [3.05, 3.63) is 65.5 Å². The van der Waals surface area contributed by atoms with E-state index in [0.29, 0.717) is 25.5 Å². The molecule has 0 saturated carbocycles. The zero-order valence-corrected chi connectivity index (χ0v) is 19.1. The van der Waals surface area contributed by atoms with Gasteiger partial charge in [0.2, 0.25) is 5.91 Å². The molecule has 2 saturated heterocycles. The Morgan fingerprint density at radius 1 is 1.15 bits per heavy atom. The molecule has 2 aromatic carbocycles. The highest BCUT2D eigenvalue weighted by atomic mass is 19.1. The minimum atomic E-state index is -0.283. The number of amides is 1. The van der Waals surface area contributed by atoms with Crippen molar-refractivity contribution in [2.45, 2.75) is 37.8 Å². The molecule has 0 aromatic heterocycles.